The number of nitriles is 2. The largest absolute Gasteiger partial charge is 0.330 e. The van der Waals surface area contributed by atoms with Gasteiger partial charge < -0.3 is 10.6 Å². The van der Waals surface area contributed by atoms with Crippen LogP contribution in [0.15, 0.2) is 53.8 Å². The number of nitrogens with one attached hydrogen (secondary N) is 3. The Morgan fingerprint density at radius 3 is 2.60 bits per heavy atom. The summed E-state index contributed by atoms with van der Waals surface area (Å²) in [6, 6.07) is 12.1. The van der Waals surface area contributed by atoms with Crippen molar-refractivity contribution in [3.05, 3.63) is 59.4 Å². The lowest BCUT2D eigenvalue weighted by molar-refractivity contribution is 0.0895. The smallest absolute Gasteiger partial charge is 0.252 e. The van der Waals surface area contributed by atoms with Crippen molar-refractivity contribution < 1.29 is 4.79 Å². The maximum atomic E-state index is 12.8. The first-order valence-electron chi connectivity index (χ1n) is 9.19. The number of rotatable bonds is 7. The molecule has 0 saturated carbocycles. The molecule has 0 fully saturated rings. The fourth-order valence-corrected chi connectivity index (χ4v) is 2.70. The van der Waals surface area contributed by atoms with Crippen LogP contribution in [0.1, 0.15) is 37.0 Å². The quantitative estimate of drug-likeness (QED) is 0.270. The highest BCUT2D eigenvalue weighted by Crippen LogP contribution is 2.28. The fraction of sp³-hybridized carbons (Fsp3) is 0.286. The average Bonchev–Trinajstić information content (AvgIpc) is 2.73. The fourth-order valence-electron chi connectivity index (χ4n) is 2.58. The van der Waals surface area contributed by atoms with Gasteiger partial charge in [-0.05, 0) is 42.8 Å². The first kappa shape index (κ1) is 22.7. The molecule has 1 unspecified atom stereocenters. The number of anilines is 1. The predicted octanol–water partition coefficient (Wildman–Crippen LogP) is 3.66. The number of carbonyl (C=O) groups is 1. The van der Waals surface area contributed by atoms with Gasteiger partial charge in [-0.25, -0.2) is 4.99 Å². The van der Waals surface area contributed by atoms with Crippen molar-refractivity contribution in [2.24, 2.45) is 10.4 Å². The summed E-state index contributed by atoms with van der Waals surface area (Å²) in [7, 11) is 0. The van der Waals surface area contributed by atoms with Gasteiger partial charge >= 0.3 is 0 Å². The molecule has 0 aliphatic rings. The van der Waals surface area contributed by atoms with E-state index in [1.165, 1.54) is 0 Å². The molecule has 9 heteroatoms. The molecule has 2 aromatic rings. The average molecular weight is 424 g/mol. The number of aromatic nitrogens is 1. The predicted molar refractivity (Wildman–Crippen MR) is 115 cm³/mol. The molecule has 0 saturated heterocycles. The number of hydrogen-bond acceptors (Lipinski definition) is 5. The SMILES string of the molecule is CC(C)(CCC#N)C(N=C(NC#N)Nc1cccnc1)NC(=O)c1ccc(Cl)cc1. The summed E-state index contributed by atoms with van der Waals surface area (Å²) in [4.78, 5) is 21.3. The van der Waals surface area contributed by atoms with Crippen LogP contribution in [0, 0.1) is 28.2 Å². The Balaban J connectivity index is 2.33. The monoisotopic (exact) mass is 423 g/mol. The van der Waals surface area contributed by atoms with E-state index in [9.17, 15) is 4.79 Å². The third-order valence-electron chi connectivity index (χ3n) is 4.35. The minimum atomic E-state index is -0.728. The molecular weight excluding hydrogens is 402 g/mol. The molecule has 0 aliphatic heterocycles. The van der Waals surface area contributed by atoms with Gasteiger partial charge in [0.05, 0.1) is 18.0 Å². The van der Waals surface area contributed by atoms with E-state index in [2.05, 4.69) is 32.0 Å². The highest BCUT2D eigenvalue weighted by atomic mass is 35.5. The Labute approximate surface area is 180 Å². The molecule has 0 bridgehead atoms. The van der Waals surface area contributed by atoms with Gasteiger partial charge in [0.15, 0.2) is 6.19 Å². The Bertz CT molecular complexity index is 960. The molecular formula is C21H22ClN7O. The molecule has 1 amide bonds. The molecule has 1 aromatic heterocycles. The minimum Gasteiger partial charge on any atom is -0.330 e. The Kier molecular flexibility index (Phi) is 8.16. The van der Waals surface area contributed by atoms with Crippen LogP contribution in [-0.4, -0.2) is 23.0 Å². The number of amides is 1. The highest BCUT2D eigenvalue weighted by Gasteiger charge is 2.31. The number of carbonyl (C=O) groups excluding carboxylic acids is 1. The summed E-state index contributed by atoms with van der Waals surface area (Å²) in [5, 5.41) is 27.0. The molecule has 0 aliphatic carbocycles. The van der Waals surface area contributed by atoms with Crippen molar-refractivity contribution in [3.63, 3.8) is 0 Å². The van der Waals surface area contributed by atoms with Crippen molar-refractivity contribution in [2.45, 2.75) is 32.9 Å². The summed E-state index contributed by atoms with van der Waals surface area (Å²) in [6.45, 7) is 3.80. The zero-order valence-corrected chi connectivity index (χ0v) is 17.4. The van der Waals surface area contributed by atoms with Gasteiger partial charge in [0, 0.05) is 28.6 Å². The summed E-state index contributed by atoms with van der Waals surface area (Å²) in [5.41, 5.74) is 0.471. The van der Waals surface area contributed by atoms with Gasteiger partial charge in [0.2, 0.25) is 5.96 Å². The topological polar surface area (TPSA) is 126 Å². The third-order valence-corrected chi connectivity index (χ3v) is 4.60. The van der Waals surface area contributed by atoms with Crippen molar-refractivity contribution in [3.8, 4) is 12.3 Å². The van der Waals surface area contributed by atoms with E-state index in [0.717, 1.165) is 0 Å². The van der Waals surface area contributed by atoms with Crippen LogP contribution in [0.4, 0.5) is 5.69 Å². The van der Waals surface area contributed by atoms with Gasteiger partial charge in [-0.1, -0.05) is 25.4 Å². The molecule has 0 radical (unpaired) electrons. The normalized spacial score (nSPS) is 12.2. The second-order valence-corrected chi connectivity index (χ2v) is 7.55. The first-order valence-corrected chi connectivity index (χ1v) is 9.57. The van der Waals surface area contributed by atoms with Gasteiger partial charge in [0.25, 0.3) is 5.91 Å². The molecule has 30 heavy (non-hydrogen) atoms. The lowest BCUT2D eigenvalue weighted by Gasteiger charge is -2.32. The third kappa shape index (κ3) is 6.77. The van der Waals surface area contributed by atoms with Crippen LogP contribution in [0.2, 0.25) is 5.02 Å². The number of guanidine groups is 1. The standard InChI is InChI=1S/C21H22ClN7O/c1-21(2,10-4-11-23)19(28-18(30)15-6-8-16(22)9-7-15)29-20(26-14-24)27-17-5-3-12-25-13-17/h3,5-9,12-13,19H,4,10H2,1-2H3,(H,28,30)(H2,26,27,29). The van der Waals surface area contributed by atoms with Crippen molar-refractivity contribution >= 4 is 29.2 Å². The zero-order chi connectivity index (χ0) is 22.0. The van der Waals surface area contributed by atoms with Gasteiger partial charge in [-0.3, -0.25) is 15.1 Å². The number of hydrogen-bond donors (Lipinski definition) is 3. The van der Waals surface area contributed by atoms with Crippen molar-refractivity contribution in [2.75, 3.05) is 5.32 Å². The molecule has 2 rings (SSSR count). The van der Waals surface area contributed by atoms with Crippen molar-refractivity contribution in [1.29, 1.82) is 10.5 Å². The van der Waals surface area contributed by atoms with E-state index in [4.69, 9.17) is 22.1 Å². The van der Waals surface area contributed by atoms with Crippen LogP contribution in [0.5, 0.6) is 0 Å². The Morgan fingerprint density at radius 2 is 2.00 bits per heavy atom. The minimum absolute atomic E-state index is 0.150. The summed E-state index contributed by atoms with van der Waals surface area (Å²) in [5.74, 6) is -0.194. The van der Waals surface area contributed by atoms with Crippen molar-refractivity contribution in [1.82, 2.24) is 15.6 Å². The molecule has 1 atom stereocenters. The summed E-state index contributed by atoms with van der Waals surface area (Å²) < 4.78 is 0. The lowest BCUT2D eigenvalue weighted by Crippen LogP contribution is -2.46. The van der Waals surface area contributed by atoms with Crippen LogP contribution in [-0.2, 0) is 0 Å². The molecule has 1 aromatic carbocycles. The summed E-state index contributed by atoms with van der Waals surface area (Å²) in [6.07, 6.45) is 5.10. The summed E-state index contributed by atoms with van der Waals surface area (Å²) >= 11 is 5.90. The van der Waals surface area contributed by atoms with Crippen LogP contribution >= 0.6 is 11.6 Å². The maximum Gasteiger partial charge on any atom is 0.252 e. The molecule has 3 N–H and O–H groups in total. The van der Waals surface area contributed by atoms with Gasteiger partial charge in [0.1, 0.15) is 6.17 Å². The maximum absolute atomic E-state index is 12.8. The first-order chi connectivity index (χ1) is 14.4. The second-order valence-electron chi connectivity index (χ2n) is 7.11. The highest BCUT2D eigenvalue weighted by molar-refractivity contribution is 6.30. The molecule has 154 valence electrons. The number of halogens is 1. The van der Waals surface area contributed by atoms with E-state index in [1.807, 2.05) is 20.0 Å². The van der Waals surface area contributed by atoms with E-state index < -0.39 is 11.6 Å². The number of nitrogens with zero attached hydrogens (tertiary/aromatic N) is 4. The van der Waals surface area contributed by atoms with E-state index in [0.29, 0.717) is 29.1 Å². The van der Waals surface area contributed by atoms with E-state index in [-0.39, 0.29) is 11.9 Å². The van der Waals surface area contributed by atoms with Crippen LogP contribution in [0.3, 0.4) is 0 Å². The molecule has 1 heterocycles. The van der Waals surface area contributed by atoms with Gasteiger partial charge in [-0.15, -0.1) is 0 Å². The number of pyridine rings is 1. The number of benzene rings is 1. The lowest BCUT2D eigenvalue weighted by atomic mass is 9.84. The van der Waals surface area contributed by atoms with Crippen LogP contribution in [0.25, 0.3) is 0 Å². The number of aliphatic imine (C=N–C) groups is 1. The Morgan fingerprint density at radius 1 is 1.27 bits per heavy atom. The zero-order valence-electron chi connectivity index (χ0n) is 16.7. The van der Waals surface area contributed by atoms with E-state index in [1.54, 1.807) is 48.8 Å². The second kappa shape index (κ2) is 10.8. The van der Waals surface area contributed by atoms with Gasteiger partial charge in [-0.2, -0.15) is 10.5 Å². The molecule has 8 nitrogen and oxygen atoms in total. The Hall–Kier alpha value is -3.62. The van der Waals surface area contributed by atoms with E-state index >= 15 is 0 Å². The van der Waals surface area contributed by atoms with Crippen LogP contribution < -0.4 is 16.0 Å². The molecule has 0 spiro atoms.